The van der Waals surface area contributed by atoms with E-state index < -0.39 is 22.2 Å². The Kier molecular flexibility index (Phi) is 4.89. The maximum Gasteiger partial charge on any atom is 0.586 e. The van der Waals surface area contributed by atoms with Crippen LogP contribution >= 0.6 is 0 Å². The first-order valence-corrected chi connectivity index (χ1v) is 10.1. The predicted octanol–water partition coefficient (Wildman–Crippen LogP) is 2.28. The summed E-state index contributed by atoms with van der Waals surface area (Å²) in [5.41, 5.74) is 0.0793. The molecule has 0 spiro atoms. The van der Waals surface area contributed by atoms with Gasteiger partial charge in [-0.15, -0.1) is 8.78 Å². The molecule has 2 aromatic carbocycles. The first kappa shape index (κ1) is 19.6. The van der Waals surface area contributed by atoms with E-state index in [0.717, 1.165) is 0 Å². The predicted molar refractivity (Wildman–Crippen MR) is 96.6 cm³/mol. The molecule has 0 unspecified atom stereocenters. The van der Waals surface area contributed by atoms with Crippen molar-refractivity contribution in [2.45, 2.75) is 11.2 Å². The molecule has 2 heterocycles. The van der Waals surface area contributed by atoms with E-state index in [1.165, 1.54) is 46.8 Å². The highest BCUT2D eigenvalue weighted by molar-refractivity contribution is 7.89. The zero-order chi connectivity index (χ0) is 20.6. The number of anilines is 1. The van der Waals surface area contributed by atoms with E-state index >= 15 is 0 Å². The van der Waals surface area contributed by atoms with Crippen LogP contribution in [0.5, 0.6) is 11.5 Å². The molecule has 2 aromatic rings. The van der Waals surface area contributed by atoms with Gasteiger partial charge in [0.25, 0.3) is 5.91 Å². The minimum atomic E-state index is -3.91. The van der Waals surface area contributed by atoms with E-state index in [1.807, 2.05) is 0 Å². The molecule has 1 N–H and O–H groups in total. The number of amides is 1. The van der Waals surface area contributed by atoms with Gasteiger partial charge in [-0.3, -0.25) is 4.79 Å². The molecular formula is C18H16F2N2O6S. The summed E-state index contributed by atoms with van der Waals surface area (Å²) in [6.07, 6.45) is -3.77. The molecule has 11 heteroatoms. The molecule has 29 heavy (non-hydrogen) atoms. The number of hydrogen-bond donors (Lipinski definition) is 1. The minimum Gasteiger partial charge on any atom is -0.395 e. The summed E-state index contributed by atoms with van der Waals surface area (Å²) < 4.78 is 67.3. The number of nitrogens with zero attached hydrogens (tertiary/aromatic N) is 1. The number of halogens is 2. The maximum atomic E-state index is 13.1. The van der Waals surface area contributed by atoms with Crippen LogP contribution in [-0.2, 0) is 14.8 Å². The van der Waals surface area contributed by atoms with Crippen LogP contribution in [-0.4, -0.2) is 51.2 Å². The maximum absolute atomic E-state index is 13.1. The number of fused-ring (bicyclic) bond motifs is 1. The van der Waals surface area contributed by atoms with Crippen molar-refractivity contribution in [2.24, 2.45) is 0 Å². The van der Waals surface area contributed by atoms with E-state index in [1.54, 1.807) is 0 Å². The van der Waals surface area contributed by atoms with Gasteiger partial charge >= 0.3 is 6.29 Å². The van der Waals surface area contributed by atoms with Crippen molar-refractivity contribution in [3.8, 4) is 11.5 Å². The Hall–Kier alpha value is -2.76. The molecule has 0 atom stereocenters. The van der Waals surface area contributed by atoms with Crippen molar-refractivity contribution < 1.29 is 36.2 Å². The van der Waals surface area contributed by atoms with Crippen molar-refractivity contribution in [3.63, 3.8) is 0 Å². The Labute approximate surface area is 165 Å². The number of hydrogen-bond acceptors (Lipinski definition) is 6. The van der Waals surface area contributed by atoms with Gasteiger partial charge in [0, 0.05) is 24.8 Å². The SMILES string of the molecule is O=C(Nc1ccc2c(c1)OC(F)(F)O2)c1ccccc1S(=O)(=O)N1CCOCC1. The van der Waals surface area contributed by atoms with Crippen LogP contribution in [0.2, 0.25) is 0 Å². The molecule has 1 saturated heterocycles. The highest BCUT2D eigenvalue weighted by Crippen LogP contribution is 2.42. The van der Waals surface area contributed by atoms with Crippen molar-refractivity contribution in [1.82, 2.24) is 4.31 Å². The first-order valence-electron chi connectivity index (χ1n) is 8.64. The second-order valence-electron chi connectivity index (χ2n) is 6.30. The van der Waals surface area contributed by atoms with E-state index in [4.69, 9.17) is 4.74 Å². The van der Waals surface area contributed by atoms with Crippen molar-refractivity contribution in [1.29, 1.82) is 0 Å². The number of alkyl halides is 2. The van der Waals surface area contributed by atoms with Crippen LogP contribution in [0, 0.1) is 0 Å². The summed E-state index contributed by atoms with van der Waals surface area (Å²) in [5.74, 6) is -1.10. The van der Waals surface area contributed by atoms with Gasteiger partial charge in [0.2, 0.25) is 10.0 Å². The van der Waals surface area contributed by atoms with Crippen molar-refractivity contribution in [3.05, 3.63) is 48.0 Å². The normalized spacial score (nSPS) is 18.4. The van der Waals surface area contributed by atoms with Crippen molar-refractivity contribution in [2.75, 3.05) is 31.6 Å². The fourth-order valence-corrected chi connectivity index (χ4v) is 4.63. The number of carbonyl (C=O) groups excluding carboxylic acids is 1. The fraction of sp³-hybridized carbons (Fsp3) is 0.278. The Morgan fingerprint density at radius 3 is 2.48 bits per heavy atom. The second kappa shape index (κ2) is 7.25. The number of sulfonamides is 1. The Bertz CT molecular complexity index is 1050. The van der Waals surface area contributed by atoms with Gasteiger partial charge in [-0.05, 0) is 24.3 Å². The summed E-state index contributed by atoms with van der Waals surface area (Å²) >= 11 is 0. The summed E-state index contributed by atoms with van der Waals surface area (Å²) in [6.45, 7) is 0.925. The van der Waals surface area contributed by atoms with E-state index in [2.05, 4.69) is 14.8 Å². The number of benzene rings is 2. The zero-order valence-electron chi connectivity index (χ0n) is 14.9. The molecule has 2 aliphatic heterocycles. The molecule has 0 bridgehead atoms. The largest absolute Gasteiger partial charge is 0.586 e. The van der Waals surface area contributed by atoms with Crippen molar-refractivity contribution >= 4 is 21.6 Å². The van der Waals surface area contributed by atoms with Gasteiger partial charge in [0.15, 0.2) is 11.5 Å². The highest BCUT2D eigenvalue weighted by Gasteiger charge is 2.43. The monoisotopic (exact) mass is 426 g/mol. The number of rotatable bonds is 4. The van der Waals surface area contributed by atoms with Crippen LogP contribution in [0.1, 0.15) is 10.4 Å². The Morgan fingerprint density at radius 1 is 1.03 bits per heavy atom. The highest BCUT2D eigenvalue weighted by atomic mass is 32.2. The minimum absolute atomic E-state index is 0.0676. The quantitative estimate of drug-likeness (QED) is 0.806. The third-order valence-electron chi connectivity index (χ3n) is 4.38. The molecule has 1 fully saturated rings. The lowest BCUT2D eigenvalue weighted by atomic mass is 10.2. The van der Waals surface area contributed by atoms with Gasteiger partial charge < -0.3 is 19.5 Å². The topological polar surface area (TPSA) is 94.2 Å². The molecule has 1 amide bonds. The summed E-state index contributed by atoms with van der Waals surface area (Å²) in [4.78, 5) is 12.6. The van der Waals surface area contributed by atoms with Crippen LogP contribution in [0.3, 0.4) is 0 Å². The van der Waals surface area contributed by atoms with Crippen LogP contribution in [0.15, 0.2) is 47.4 Å². The lowest BCUT2D eigenvalue weighted by Gasteiger charge is -2.26. The van der Waals surface area contributed by atoms with Crippen LogP contribution < -0.4 is 14.8 Å². The molecule has 0 aromatic heterocycles. The summed E-state index contributed by atoms with van der Waals surface area (Å²) in [5, 5.41) is 2.50. The van der Waals surface area contributed by atoms with E-state index in [0.29, 0.717) is 0 Å². The third kappa shape index (κ3) is 3.88. The van der Waals surface area contributed by atoms with E-state index in [9.17, 15) is 22.0 Å². The van der Waals surface area contributed by atoms with Gasteiger partial charge in [-0.2, -0.15) is 4.31 Å². The van der Waals surface area contributed by atoms with Gasteiger partial charge in [-0.1, -0.05) is 12.1 Å². The molecule has 0 saturated carbocycles. The molecule has 0 aliphatic carbocycles. The fourth-order valence-electron chi connectivity index (χ4n) is 3.03. The smallest absolute Gasteiger partial charge is 0.395 e. The standard InChI is InChI=1S/C18H16F2N2O6S/c19-18(20)27-14-6-5-12(11-15(14)28-18)21-17(23)13-3-1-2-4-16(13)29(24,25)22-7-9-26-10-8-22/h1-6,11H,7-10H2,(H,21,23). The Morgan fingerprint density at radius 2 is 1.72 bits per heavy atom. The molecule has 8 nitrogen and oxygen atoms in total. The Balaban J connectivity index is 1.59. The van der Waals surface area contributed by atoms with Gasteiger partial charge in [-0.25, -0.2) is 8.42 Å². The number of carbonyl (C=O) groups is 1. The average Bonchev–Trinajstić information content (AvgIpc) is 3.01. The molecule has 2 aliphatic rings. The zero-order valence-corrected chi connectivity index (χ0v) is 15.7. The molecule has 0 radical (unpaired) electrons. The summed E-state index contributed by atoms with van der Waals surface area (Å²) in [6, 6.07) is 9.53. The average molecular weight is 426 g/mol. The van der Waals surface area contributed by atoms with Gasteiger partial charge in [0.1, 0.15) is 0 Å². The number of ether oxygens (including phenoxy) is 3. The van der Waals surface area contributed by atoms with Gasteiger partial charge in [0.05, 0.1) is 23.7 Å². The first-order chi connectivity index (χ1) is 13.8. The lowest BCUT2D eigenvalue weighted by Crippen LogP contribution is -2.41. The molecular weight excluding hydrogens is 410 g/mol. The summed E-state index contributed by atoms with van der Waals surface area (Å²) in [7, 11) is -3.91. The van der Waals surface area contributed by atoms with Crippen LogP contribution in [0.4, 0.5) is 14.5 Å². The third-order valence-corrected chi connectivity index (χ3v) is 6.34. The molecule has 4 rings (SSSR count). The second-order valence-corrected chi connectivity index (χ2v) is 8.20. The lowest BCUT2D eigenvalue weighted by molar-refractivity contribution is -0.286. The number of morpholine rings is 1. The number of nitrogens with one attached hydrogen (secondary N) is 1. The van der Waals surface area contributed by atoms with E-state index in [-0.39, 0.29) is 53.9 Å². The molecule has 154 valence electrons. The van der Waals surface area contributed by atoms with Crippen LogP contribution in [0.25, 0.3) is 0 Å².